The molecule has 2 aliphatic heterocycles. The van der Waals surface area contributed by atoms with E-state index in [0.29, 0.717) is 0 Å². The molecule has 92 valence electrons. The van der Waals surface area contributed by atoms with Gasteiger partial charge in [0.15, 0.2) is 0 Å². The van der Waals surface area contributed by atoms with Crippen LogP contribution in [0.25, 0.3) is 0 Å². The Balaban J connectivity index is 1.92. The molecule has 1 aromatic heterocycles. The average Bonchev–Trinajstić information content (AvgIpc) is 2.40. The number of nitrogens with zero attached hydrogens (tertiary/aromatic N) is 3. The Kier molecular flexibility index (Phi) is 2.94. The van der Waals surface area contributed by atoms with Gasteiger partial charge in [-0.2, -0.15) is 0 Å². The number of aryl methyl sites for hydroxylation is 1. The Morgan fingerprint density at radius 3 is 2.88 bits per heavy atom. The third kappa shape index (κ3) is 2.12. The molecular formula is C12H18N4O. The van der Waals surface area contributed by atoms with Crippen molar-refractivity contribution in [1.82, 2.24) is 15.3 Å². The van der Waals surface area contributed by atoms with E-state index in [1.807, 2.05) is 0 Å². The van der Waals surface area contributed by atoms with Crippen LogP contribution in [0.5, 0.6) is 0 Å². The van der Waals surface area contributed by atoms with E-state index in [4.69, 9.17) is 9.72 Å². The monoisotopic (exact) mass is 234 g/mol. The van der Waals surface area contributed by atoms with Gasteiger partial charge < -0.3 is 15.0 Å². The quantitative estimate of drug-likeness (QED) is 0.756. The highest BCUT2D eigenvalue weighted by Gasteiger charge is 2.19. The Hall–Kier alpha value is -1.20. The third-order valence-corrected chi connectivity index (χ3v) is 3.42. The van der Waals surface area contributed by atoms with Crippen molar-refractivity contribution in [2.75, 3.05) is 37.7 Å². The molecule has 1 N–H and O–H groups in total. The summed E-state index contributed by atoms with van der Waals surface area (Å²) in [4.78, 5) is 11.6. The van der Waals surface area contributed by atoms with Crippen molar-refractivity contribution in [1.29, 1.82) is 0 Å². The van der Waals surface area contributed by atoms with Crippen molar-refractivity contribution in [2.24, 2.45) is 0 Å². The van der Waals surface area contributed by atoms with Crippen LogP contribution in [0.4, 0.5) is 5.95 Å². The van der Waals surface area contributed by atoms with Crippen LogP contribution in [0.3, 0.4) is 0 Å². The molecule has 3 rings (SSSR count). The molecule has 0 atom stereocenters. The van der Waals surface area contributed by atoms with Crippen LogP contribution < -0.4 is 10.2 Å². The van der Waals surface area contributed by atoms with Crippen LogP contribution in [0, 0.1) is 6.92 Å². The number of aromatic nitrogens is 2. The number of ether oxygens (including phenoxy) is 1. The van der Waals surface area contributed by atoms with E-state index in [2.05, 4.69) is 22.1 Å². The Labute approximate surface area is 101 Å². The van der Waals surface area contributed by atoms with Crippen molar-refractivity contribution >= 4 is 5.95 Å². The number of nitrogens with one attached hydrogen (secondary N) is 1. The maximum Gasteiger partial charge on any atom is 0.225 e. The zero-order valence-electron chi connectivity index (χ0n) is 10.2. The lowest BCUT2D eigenvalue weighted by Crippen LogP contribution is -2.38. The van der Waals surface area contributed by atoms with Gasteiger partial charge in [0, 0.05) is 43.9 Å². The highest BCUT2D eigenvalue weighted by atomic mass is 16.5. The van der Waals surface area contributed by atoms with Gasteiger partial charge in [-0.3, -0.25) is 0 Å². The van der Waals surface area contributed by atoms with Gasteiger partial charge in [0.1, 0.15) is 0 Å². The van der Waals surface area contributed by atoms with Gasteiger partial charge in [-0.25, -0.2) is 9.97 Å². The fraction of sp³-hybridized carbons (Fsp3) is 0.667. The lowest BCUT2D eigenvalue weighted by Gasteiger charge is -2.28. The van der Waals surface area contributed by atoms with Crippen LogP contribution in [0.15, 0.2) is 0 Å². The van der Waals surface area contributed by atoms with Crippen molar-refractivity contribution in [3.8, 4) is 0 Å². The smallest absolute Gasteiger partial charge is 0.225 e. The first-order valence-corrected chi connectivity index (χ1v) is 6.24. The third-order valence-electron chi connectivity index (χ3n) is 3.42. The number of hydrogen-bond acceptors (Lipinski definition) is 5. The first-order valence-electron chi connectivity index (χ1n) is 6.24. The summed E-state index contributed by atoms with van der Waals surface area (Å²) in [7, 11) is 0. The van der Waals surface area contributed by atoms with E-state index in [-0.39, 0.29) is 0 Å². The van der Waals surface area contributed by atoms with Crippen molar-refractivity contribution < 1.29 is 4.74 Å². The van der Waals surface area contributed by atoms with Gasteiger partial charge in [-0.15, -0.1) is 0 Å². The first-order chi connectivity index (χ1) is 8.34. The van der Waals surface area contributed by atoms with E-state index < -0.39 is 0 Å². The average molecular weight is 234 g/mol. The zero-order valence-corrected chi connectivity index (χ0v) is 10.2. The van der Waals surface area contributed by atoms with E-state index in [1.165, 1.54) is 11.3 Å². The highest BCUT2D eigenvalue weighted by molar-refractivity contribution is 5.38. The molecule has 17 heavy (non-hydrogen) atoms. The van der Waals surface area contributed by atoms with Crippen LogP contribution in [0.1, 0.15) is 17.0 Å². The largest absolute Gasteiger partial charge is 0.378 e. The molecular weight excluding hydrogens is 216 g/mol. The summed E-state index contributed by atoms with van der Waals surface area (Å²) in [6.07, 6.45) is 1.01. The van der Waals surface area contributed by atoms with E-state index in [9.17, 15) is 0 Å². The minimum atomic E-state index is 0.779. The Bertz CT molecular complexity index is 415. The van der Waals surface area contributed by atoms with Crippen LogP contribution in [-0.4, -0.2) is 42.8 Å². The molecule has 0 unspecified atom stereocenters. The Morgan fingerprint density at radius 1 is 1.24 bits per heavy atom. The minimum Gasteiger partial charge on any atom is -0.378 e. The van der Waals surface area contributed by atoms with Crippen molar-refractivity contribution in [3.05, 3.63) is 17.0 Å². The first kappa shape index (κ1) is 10.9. The van der Waals surface area contributed by atoms with Gasteiger partial charge in [-0.1, -0.05) is 0 Å². The van der Waals surface area contributed by atoms with Gasteiger partial charge >= 0.3 is 0 Å². The molecule has 0 amide bonds. The summed E-state index contributed by atoms with van der Waals surface area (Å²) in [5, 5.41) is 3.37. The second-order valence-corrected chi connectivity index (χ2v) is 4.56. The lowest BCUT2D eigenvalue weighted by atomic mass is 10.1. The van der Waals surface area contributed by atoms with E-state index in [1.54, 1.807) is 0 Å². The van der Waals surface area contributed by atoms with Crippen molar-refractivity contribution in [2.45, 2.75) is 19.9 Å². The maximum absolute atomic E-state index is 5.36. The second-order valence-electron chi connectivity index (χ2n) is 4.56. The number of fused-ring (bicyclic) bond motifs is 1. The molecule has 1 aromatic rings. The van der Waals surface area contributed by atoms with E-state index >= 15 is 0 Å². The van der Waals surface area contributed by atoms with Gasteiger partial charge in [0.25, 0.3) is 0 Å². The molecule has 5 heteroatoms. The van der Waals surface area contributed by atoms with Gasteiger partial charge in [0.2, 0.25) is 5.95 Å². The van der Waals surface area contributed by atoms with Crippen LogP contribution in [-0.2, 0) is 17.7 Å². The van der Waals surface area contributed by atoms with Crippen molar-refractivity contribution in [3.63, 3.8) is 0 Å². The molecule has 2 aliphatic rings. The molecule has 0 aromatic carbocycles. The number of hydrogen-bond donors (Lipinski definition) is 1. The number of rotatable bonds is 1. The summed E-state index contributed by atoms with van der Waals surface area (Å²) in [5.74, 6) is 0.881. The summed E-state index contributed by atoms with van der Waals surface area (Å²) < 4.78 is 5.36. The summed E-state index contributed by atoms with van der Waals surface area (Å²) >= 11 is 0. The van der Waals surface area contributed by atoms with Crippen LogP contribution >= 0.6 is 0 Å². The number of morpholine rings is 1. The topological polar surface area (TPSA) is 50.3 Å². The maximum atomic E-state index is 5.36. The molecule has 0 radical (unpaired) electrons. The highest BCUT2D eigenvalue weighted by Crippen LogP contribution is 2.19. The summed E-state index contributed by atoms with van der Waals surface area (Å²) in [6, 6.07) is 0. The summed E-state index contributed by atoms with van der Waals surface area (Å²) in [5.41, 5.74) is 3.62. The standard InChI is InChI=1S/C12H18N4O/c1-9-10-8-13-3-2-11(10)15-12(14-9)16-4-6-17-7-5-16/h13H,2-8H2,1H3. The Morgan fingerprint density at radius 2 is 2.06 bits per heavy atom. The van der Waals surface area contributed by atoms with Gasteiger partial charge in [0.05, 0.1) is 18.9 Å². The van der Waals surface area contributed by atoms with Gasteiger partial charge in [-0.05, 0) is 6.92 Å². The molecule has 0 aliphatic carbocycles. The fourth-order valence-electron chi connectivity index (χ4n) is 2.40. The molecule has 0 bridgehead atoms. The van der Waals surface area contributed by atoms with Crippen LogP contribution in [0.2, 0.25) is 0 Å². The molecule has 1 saturated heterocycles. The zero-order chi connectivity index (χ0) is 11.7. The van der Waals surface area contributed by atoms with E-state index in [0.717, 1.165) is 57.5 Å². The summed E-state index contributed by atoms with van der Waals surface area (Å²) in [6.45, 7) is 7.36. The fourth-order valence-corrected chi connectivity index (χ4v) is 2.40. The molecule has 0 saturated carbocycles. The molecule has 0 spiro atoms. The molecule has 1 fully saturated rings. The normalized spacial score (nSPS) is 20.2. The molecule has 5 nitrogen and oxygen atoms in total. The molecule has 3 heterocycles. The predicted octanol–water partition coefficient (Wildman–Crippen LogP) is 0.267. The minimum absolute atomic E-state index is 0.779. The lowest BCUT2D eigenvalue weighted by molar-refractivity contribution is 0.122. The second kappa shape index (κ2) is 4.58. The number of anilines is 1. The SMILES string of the molecule is Cc1nc(N2CCOCC2)nc2c1CNCC2. The predicted molar refractivity (Wildman–Crippen MR) is 65.2 cm³/mol.